The van der Waals surface area contributed by atoms with Crippen molar-refractivity contribution in [2.75, 3.05) is 13.6 Å². The van der Waals surface area contributed by atoms with Crippen molar-refractivity contribution in [3.8, 4) is 22.3 Å². The maximum Gasteiger partial charge on any atom is 0.164 e. The van der Waals surface area contributed by atoms with Gasteiger partial charge in [0, 0.05) is 23.6 Å². The van der Waals surface area contributed by atoms with Crippen LogP contribution >= 0.6 is 0 Å². The van der Waals surface area contributed by atoms with E-state index >= 15 is 0 Å². The number of aliphatic imine (C=N–C) groups is 1. The minimum atomic E-state index is -0.993. The van der Waals surface area contributed by atoms with Gasteiger partial charge in [-0.3, -0.25) is 5.32 Å². The molecule has 1 saturated heterocycles. The van der Waals surface area contributed by atoms with Crippen molar-refractivity contribution >= 4 is 5.84 Å². The number of hydrogen-bond acceptors (Lipinski definition) is 3. The largest absolute Gasteiger partial charge is 0.383 e. The van der Waals surface area contributed by atoms with E-state index in [0.29, 0.717) is 5.84 Å². The molecule has 4 N–H and O–H groups in total. The molecule has 4 heteroatoms. The van der Waals surface area contributed by atoms with Gasteiger partial charge in [0.25, 0.3) is 0 Å². The third-order valence-corrected chi connectivity index (χ3v) is 9.99. The Labute approximate surface area is 305 Å². The van der Waals surface area contributed by atoms with Crippen LogP contribution in [0.5, 0.6) is 0 Å². The molecular formula is C47H52N4. The van der Waals surface area contributed by atoms with Crippen molar-refractivity contribution in [2.45, 2.75) is 51.7 Å². The summed E-state index contributed by atoms with van der Waals surface area (Å²) in [6, 6.07) is 32.2. The minimum Gasteiger partial charge on any atom is -0.383 e. The second-order valence-corrected chi connectivity index (χ2v) is 13.4. The molecule has 4 aromatic rings. The van der Waals surface area contributed by atoms with Crippen LogP contribution in [-0.4, -0.2) is 19.4 Å². The minimum absolute atomic E-state index is 0.229. The van der Waals surface area contributed by atoms with Crippen LogP contribution in [-0.2, 0) is 11.1 Å². The Morgan fingerprint density at radius 3 is 2.06 bits per heavy atom. The first-order valence-electron chi connectivity index (χ1n) is 17.8. The van der Waals surface area contributed by atoms with Crippen molar-refractivity contribution in [2.24, 2.45) is 10.7 Å². The quantitative estimate of drug-likeness (QED) is 0.0540. The van der Waals surface area contributed by atoms with E-state index in [1.54, 1.807) is 0 Å². The van der Waals surface area contributed by atoms with Crippen molar-refractivity contribution in [3.63, 3.8) is 0 Å². The highest BCUT2D eigenvalue weighted by molar-refractivity contribution is 5.98. The lowest BCUT2D eigenvalue weighted by Crippen LogP contribution is -2.41. The Hall–Kier alpha value is -5.29. The summed E-state index contributed by atoms with van der Waals surface area (Å²) in [7, 11) is 1.92. The standard InChI is InChI=1S/C47H52N4/c1-9-13-24-36(11-3)46(6,7)42-30-20-27-39(33(42)5)41-29-19-28-40(44(41)43-32-50-43)35-23-18-26-38(31-35)47(49-8,37(12-4)25-14-10-2)51-45(48)34-21-16-15-17-22-34/h9-31,43,49-50H,3-4,32H2,1-2,5-8H3,(H2,48,51)/b13-9-,14-10-,36-24+,37-25+. The van der Waals surface area contributed by atoms with Crippen LogP contribution in [0.1, 0.15) is 61.6 Å². The van der Waals surface area contributed by atoms with Crippen LogP contribution in [0.2, 0.25) is 0 Å². The van der Waals surface area contributed by atoms with Crippen LogP contribution in [0.25, 0.3) is 22.3 Å². The van der Waals surface area contributed by atoms with E-state index < -0.39 is 5.66 Å². The van der Waals surface area contributed by atoms with Gasteiger partial charge >= 0.3 is 0 Å². The van der Waals surface area contributed by atoms with Crippen LogP contribution in [0.4, 0.5) is 0 Å². The highest BCUT2D eigenvalue weighted by atomic mass is 15.1. The van der Waals surface area contributed by atoms with Crippen LogP contribution in [0.15, 0.2) is 169 Å². The number of rotatable bonds is 14. The average Bonchev–Trinajstić information content (AvgIpc) is 4.00. The molecule has 0 amide bonds. The molecule has 0 saturated carbocycles. The predicted molar refractivity (Wildman–Crippen MR) is 220 cm³/mol. The van der Waals surface area contributed by atoms with Gasteiger partial charge in [-0.15, -0.1) is 0 Å². The van der Waals surface area contributed by atoms with Crippen LogP contribution in [0.3, 0.4) is 0 Å². The van der Waals surface area contributed by atoms with Gasteiger partial charge in [-0.2, -0.15) is 0 Å². The summed E-state index contributed by atoms with van der Waals surface area (Å²) in [5.74, 6) is 0.437. The molecule has 260 valence electrons. The van der Waals surface area contributed by atoms with E-state index in [2.05, 4.69) is 123 Å². The first-order chi connectivity index (χ1) is 24.7. The fraction of sp³-hybridized carbons (Fsp3) is 0.213. The average molecular weight is 673 g/mol. The molecule has 1 aliphatic heterocycles. The van der Waals surface area contributed by atoms with Gasteiger partial charge < -0.3 is 11.1 Å². The molecule has 4 nitrogen and oxygen atoms in total. The van der Waals surface area contributed by atoms with Gasteiger partial charge in [-0.25, -0.2) is 4.99 Å². The second kappa shape index (κ2) is 16.2. The Morgan fingerprint density at radius 1 is 0.824 bits per heavy atom. The smallest absolute Gasteiger partial charge is 0.164 e. The molecule has 5 rings (SSSR count). The third kappa shape index (κ3) is 7.58. The number of benzene rings is 4. The van der Waals surface area contributed by atoms with E-state index in [4.69, 9.17) is 10.7 Å². The highest BCUT2D eigenvalue weighted by Gasteiger charge is 2.35. The normalized spacial score (nSPS) is 16.7. The van der Waals surface area contributed by atoms with Crippen molar-refractivity contribution in [3.05, 3.63) is 192 Å². The number of amidine groups is 1. The second-order valence-electron chi connectivity index (χ2n) is 13.4. The summed E-state index contributed by atoms with van der Waals surface area (Å²) in [4.78, 5) is 5.23. The lowest BCUT2D eigenvalue weighted by Gasteiger charge is -2.33. The fourth-order valence-corrected chi connectivity index (χ4v) is 7.12. The van der Waals surface area contributed by atoms with Gasteiger partial charge in [-0.05, 0) is 89.5 Å². The molecule has 51 heavy (non-hydrogen) atoms. The number of nitrogens with one attached hydrogen (secondary N) is 2. The summed E-state index contributed by atoms with van der Waals surface area (Å²) in [5, 5.41) is 7.17. The van der Waals surface area contributed by atoms with E-state index in [1.807, 2.05) is 81.6 Å². The summed E-state index contributed by atoms with van der Waals surface area (Å²) in [6.45, 7) is 20.1. The van der Waals surface area contributed by atoms with Crippen LogP contribution in [0, 0.1) is 6.92 Å². The lowest BCUT2D eigenvalue weighted by molar-refractivity contribution is 0.460. The summed E-state index contributed by atoms with van der Waals surface area (Å²) < 4.78 is 0. The van der Waals surface area contributed by atoms with Gasteiger partial charge in [0.1, 0.15) is 5.84 Å². The van der Waals surface area contributed by atoms with Crippen molar-refractivity contribution in [1.82, 2.24) is 10.6 Å². The van der Waals surface area contributed by atoms with Gasteiger partial charge in [-0.1, -0.05) is 161 Å². The Morgan fingerprint density at radius 2 is 1.43 bits per heavy atom. The maximum atomic E-state index is 6.74. The van der Waals surface area contributed by atoms with E-state index in [0.717, 1.165) is 28.8 Å². The van der Waals surface area contributed by atoms with Crippen molar-refractivity contribution < 1.29 is 0 Å². The summed E-state index contributed by atoms with van der Waals surface area (Å²) in [6.07, 6.45) is 16.2. The SMILES string of the molecule is C=C/C(=C\C=C/C)C(C)(C)c1cccc(-c2cccc(-c3cccc(C(/N=C(\N)c4ccccc4)(NC)/C(C=C)=C/C=C\C)c3)c2C2CN2)c1C. The van der Waals surface area contributed by atoms with Gasteiger partial charge in [0.05, 0.1) is 0 Å². The zero-order valence-corrected chi connectivity index (χ0v) is 31.0. The molecule has 0 bridgehead atoms. The Kier molecular flexibility index (Phi) is 11.7. The first-order valence-corrected chi connectivity index (χ1v) is 17.8. The first kappa shape index (κ1) is 37.0. The van der Waals surface area contributed by atoms with E-state index in [9.17, 15) is 0 Å². The number of hydrogen-bond donors (Lipinski definition) is 3. The molecule has 2 atom stereocenters. The fourth-order valence-electron chi connectivity index (χ4n) is 7.12. The number of likely N-dealkylation sites (N-methyl/N-ethyl adjacent to an activating group) is 1. The number of nitrogens with two attached hydrogens (primary N) is 1. The molecule has 0 aromatic heterocycles. The Bertz CT molecular complexity index is 2040. The molecule has 2 unspecified atom stereocenters. The van der Waals surface area contributed by atoms with E-state index in [1.165, 1.54) is 39.0 Å². The Balaban J connectivity index is 1.71. The monoisotopic (exact) mass is 672 g/mol. The van der Waals surface area contributed by atoms with Gasteiger partial charge in [0.2, 0.25) is 0 Å². The van der Waals surface area contributed by atoms with Crippen molar-refractivity contribution in [1.29, 1.82) is 0 Å². The third-order valence-electron chi connectivity index (χ3n) is 9.99. The molecule has 4 aromatic carbocycles. The maximum absolute atomic E-state index is 6.74. The molecule has 0 aliphatic carbocycles. The molecule has 1 aliphatic rings. The molecule has 1 heterocycles. The zero-order valence-electron chi connectivity index (χ0n) is 31.0. The molecule has 0 spiro atoms. The highest BCUT2D eigenvalue weighted by Crippen LogP contribution is 2.44. The lowest BCUT2D eigenvalue weighted by atomic mass is 9.74. The zero-order chi connectivity index (χ0) is 36.6. The summed E-state index contributed by atoms with van der Waals surface area (Å²) in [5.41, 5.74) is 18.0. The molecular weight excluding hydrogens is 621 g/mol. The molecule has 0 radical (unpaired) electrons. The topological polar surface area (TPSA) is 72.3 Å². The number of allylic oxidation sites excluding steroid dienone is 8. The predicted octanol–water partition coefficient (Wildman–Crippen LogP) is 10.4. The van der Waals surface area contributed by atoms with E-state index in [-0.39, 0.29) is 11.5 Å². The summed E-state index contributed by atoms with van der Waals surface area (Å²) >= 11 is 0. The number of nitrogens with zero attached hydrogens (tertiary/aromatic N) is 1. The van der Waals surface area contributed by atoms with Crippen LogP contribution < -0.4 is 16.4 Å². The molecule has 1 fully saturated rings. The van der Waals surface area contributed by atoms with Gasteiger partial charge in [0.15, 0.2) is 5.66 Å².